The third-order valence-electron chi connectivity index (χ3n) is 3.20. The summed E-state index contributed by atoms with van der Waals surface area (Å²) < 4.78 is 10.7. The van der Waals surface area contributed by atoms with Crippen molar-refractivity contribution in [2.24, 2.45) is 0 Å². The Kier molecular flexibility index (Phi) is 3.02. The first-order chi connectivity index (χ1) is 10.1. The molecule has 3 rings (SSSR count). The van der Waals surface area contributed by atoms with Crippen molar-refractivity contribution in [1.29, 1.82) is 0 Å². The number of hydrogen-bond donors (Lipinski definition) is 2. The van der Waals surface area contributed by atoms with Gasteiger partial charge in [-0.05, 0) is 30.3 Å². The minimum Gasteiger partial charge on any atom is -0.504 e. The highest BCUT2D eigenvalue weighted by Crippen LogP contribution is 2.31. The fraction of sp³-hybridized carbons (Fsp3) is 0.0625. The number of methoxy groups -OCH3 is 1. The predicted molar refractivity (Wildman–Crippen MR) is 77.8 cm³/mol. The lowest BCUT2D eigenvalue weighted by Crippen LogP contribution is -2.00. The molecule has 1 heterocycles. The number of phenolic OH excluding ortho intramolecular Hbond substituents is 2. The Bertz CT molecular complexity index is 862. The highest BCUT2D eigenvalue weighted by Gasteiger charge is 2.10. The zero-order valence-corrected chi connectivity index (χ0v) is 11.2. The van der Waals surface area contributed by atoms with Gasteiger partial charge in [0.15, 0.2) is 16.9 Å². The summed E-state index contributed by atoms with van der Waals surface area (Å²) in [4.78, 5) is 12.1. The normalized spacial score (nSPS) is 10.7. The van der Waals surface area contributed by atoms with E-state index in [1.165, 1.54) is 18.2 Å². The molecular weight excluding hydrogens is 272 g/mol. The molecule has 5 nitrogen and oxygen atoms in total. The topological polar surface area (TPSA) is 79.9 Å². The van der Waals surface area contributed by atoms with Crippen LogP contribution in [0.1, 0.15) is 0 Å². The van der Waals surface area contributed by atoms with Gasteiger partial charge in [-0.25, -0.2) is 0 Å². The molecular formula is C16H12O5. The molecule has 2 N–H and O–H groups in total. The average Bonchev–Trinajstić information content (AvgIpc) is 2.49. The lowest BCUT2D eigenvalue weighted by atomic mass is 10.1. The molecule has 1 aromatic heterocycles. The van der Waals surface area contributed by atoms with Crippen molar-refractivity contribution in [1.82, 2.24) is 0 Å². The van der Waals surface area contributed by atoms with Crippen molar-refractivity contribution in [2.75, 3.05) is 7.11 Å². The Hall–Kier alpha value is -2.95. The van der Waals surface area contributed by atoms with Gasteiger partial charge in [-0.1, -0.05) is 0 Å². The molecule has 0 bridgehead atoms. The quantitative estimate of drug-likeness (QED) is 0.707. The number of benzene rings is 2. The summed E-state index contributed by atoms with van der Waals surface area (Å²) in [6, 6.07) is 10.8. The van der Waals surface area contributed by atoms with Gasteiger partial charge in [0.05, 0.1) is 12.5 Å². The summed E-state index contributed by atoms with van der Waals surface area (Å²) in [5.74, 6) is 0.384. The highest BCUT2D eigenvalue weighted by atomic mass is 16.5. The van der Waals surface area contributed by atoms with Crippen LogP contribution in [0.5, 0.6) is 17.2 Å². The molecule has 0 saturated carbocycles. The zero-order valence-electron chi connectivity index (χ0n) is 11.2. The monoisotopic (exact) mass is 284 g/mol. The van der Waals surface area contributed by atoms with Gasteiger partial charge in [0.1, 0.15) is 17.1 Å². The third kappa shape index (κ3) is 2.29. The van der Waals surface area contributed by atoms with Crippen molar-refractivity contribution in [3.63, 3.8) is 0 Å². The Balaban J connectivity index is 2.19. The number of hydrogen-bond acceptors (Lipinski definition) is 5. The largest absolute Gasteiger partial charge is 0.504 e. The molecule has 0 spiro atoms. The van der Waals surface area contributed by atoms with Gasteiger partial charge in [-0.3, -0.25) is 4.79 Å². The number of ether oxygens (including phenoxy) is 1. The molecule has 0 aliphatic carbocycles. The summed E-state index contributed by atoms with van der Waals surface area (Å²) in [6.45, 7) is 0. The van der Waals surface area contributed by atoms with Gasteiger partial charge in [0, 0.05) is 17.7 Å². The Labute approximate surface area is 119 Å². The van der Waals surface area contributed by atoms with E-state index in [1.807, 2.05) is 0 Å². The lowest BCUT2D eigenvalue weighted by molar-refractivity contribution is 0.403. The third-order valence-corrected chi connectivity index (χ3v) is 3.20. The second-order valence-electron chi connectivity index (χ2n) is 4.54. The minimum absolute atomic E-state index is 0.211. The first kappa shape index (κ1) is 13.1. The molecule has 2 aromatic carbocycles. The van der Waals surface area contributed by atoms with E-state index < -0.39 is 0 Å². The second kappa shape index (κ2) is 4.86. The maximum absolute atomic E-state index is 12.1. The highest BCUT2D eigenvalue weighted by molar-refractivity contribution is 5.82. The number of aromatic hydroxyl groups is 2. The molecule has 0 atom stereocenters. The van der Waals surface area contributed by atoms with Crippen LogP contribution < -0.4 is 10.2 Å². The summed E-state index contributed by atoms with van der Waals surface area (Å²) in [6.07, 6.45) is 0. The van der Waals surface area contributed by atoms with Crippen LogP contribution >= 0.6 is 0 Å². The van der Waals surface area contributed by atoms with Crippen molar-refractivity contribution in [2.45, 2.75) is 0 Å². The number of fused-ring (bicyclic) bond motifs is 1. The van der Waals surface area contributed by atoms with Gasteiger partial charge in [0.2, 0.25) is 0 Å². The molecule has 0 aliphatic rings. The van der Waals surface area contributed by atoms with Gasteiger partial charge < -0.3 is 19.4 Å². The Morgan fingerprint density at radius 2 is 1.67 bits per heavy atom. The molecule has 0 fully saturated rings. The maximum Gasteiger partial charge on any atom is 0.193 e. The van der Waals surface area contributed by atoms with Crippen LogP contribution in [0.25, 0.3) is 22.3 Å². The molecule has 21 heavy (non-hydrogen) atoms. The first-order valence-electron chi connectivity index (χ1n) is 6.23. The van der Waals surface area contributed by atoms with Crippen LogP contribution in [0.2, 0.25) is 0 Å². The molecule has 0 unspecified atom stereocenters. The summed E-state index contributed by atoms with van der Waals surface area (Å²) in [7, 11) is 1.57. The van der Waals surface area contributed by atoms with E-state index in [9.17, 15) is 15.0 Å². The fourth-order valence-electron chi connectivity index (χ4n) is 2.08. The average molecular weight is 284 g/mol. The smallest absolute Gasteiger partial charge is 0.193 e. The van der Waals surface area contributed by atoms with Crippen LogP contribution in [0.15, 0.2) is 51.7 Å². The van der Waals surface area contributed by atoms with Gasteiger partial charge in [-0.15, -0.1) is 0 Å². The summed E-state index contributed by atoms with van der Waals surface area (Å²) in [5.41, 5.74) is 0.628. The standard InChI is InChI=1S/C16H12O5/c1-20-10-4-2-9(3-5-10)15-7-12(17)11-6-13(18)14(19)8-16(11)21-15/h2-8,18-19H,1H3. The number of rotatable bonds is 2. The molecule has 106 valence electrons. The fourth-order valence-corrected chi connectivity index (χ4v) is 2.08. The van der Waals surface area contributed by atoms with E-state index in [4.69, 9.17) is 9.15 Å². The Morgan fingerprint density at radius 3 is 2.33 bits per heavy atom. The minimum atomic E-state index is -0.355. The van der Waals surface area contributed by atoms with Gasteiger partial charge in [-0.2, -0.15) is 0 Å². The SMILES string of the molecule is COc1ccc(-c2cc(=O)c3cc(O)c(O)cc3o2)cc1. The van der Waals surface area contributed by atoms with Crippen LogP contribution in [-0.4, -0.2) is 17.3 Å². The van der Waals surface area contributed by atoms with Gasteiger partial charge in [0.25, 0.3) is 0 Å². The molecule has 0 saturated heterocycles. The lowest BCUT2D eigenvalue weighted by Gasteiger charge is -2.05. The maximum atomic E-state index is 12.1. The van der Waals surface area contributed by atoms with Crippen molar-refractivity contribution in [3.8, 4) is 28.6 Å². The summed E-state index contributed by atoms with van der Waals surface area (Å²) >= 11 is 0. The first-order valence-corrected chi connectivity index (χ1v) is 6.23. The van der Waals surface area contributed by atoms with E-state index in [2.05, 4.69) is 0 Å². The second-order valence-corrected chi connectivity index (χ2v) is 4.54. The van der Waals surface area contributed by atoms with Gasteiger partial charge >= 0.3 is 0 Å². The van der Waals surface area contributed by atoms with E-state index in [0.717, 1.165) is 0 Å². The van der Waals surface area contributed by atoms with Crippen LogP contribution in [0, 0.1) is 0 Å². The van der Waals surface area contributed by atoms with E-state index in [1.54, 1.807) is 31.4 Å². The van der Waals surface area contributed by atoms with Crippen molar-refractivity contribution >= 4 is 11.0 Å². The van der Waals surface area contributed by atoms with Crippen LogP contribution in [0.3, 0.4) is 0 Å². The van der Waals surface area contributed by atoms with Crippen LogP contribution in [0.4, 0.5) is 0 Å². The molecule has 0 amide bonds. The van der Waals surface area contributed by atoms with E-state index >= 15 is 0 Å². The van der Waals surface area contributed by atoms with E-state index in [-0.39, 0.29) is 27.9 Å². The van der Waals surface area contributed by atoms with Crippen molar-refractivity contribution < 1.29 is 19.4 Å². The predicted octanol–water partition coefficient (Wildman–Crippen LogP) is 2.88. The number of phenols is 2. The molecule has 0 radical (unpaired) electrons. The van der Waals surface area contributed by atoms with Crippen LogP contribution in [-0.2, 0) is 0 Å². The molecule has 5 heteroatoms. The Morgan fingerprint density at radius 1 is 1.00 bits per heavy atom. The van der Waals surface area contributed by atoms with Crippen molar-refractivity contribution in [3.05, 3.63) is 52.7 Å². The van der Waals surface area contributed by atoms with E-state index in [0.29, 0.717) is 17.1 Å². The molecule has 3 aromatic rings. The zero-order chi connectivity index (χ0) is 15.0. The summed E-state index contributed by atoms with van der Waals surface area (Å²) in [5, 5.41) is 19.2. The molecule has 0 aliphatic heterocycles.